The Hall–Kier alpha value is -5.25. The zero-order valence-electron chi connectivity index (χ0n) is 18.3. The summed E-state index contributed by atoms with van der Waals surface area (Å²) in [6, 6.07) is 12.6. The Morgan fingerprint density at radius 1 is 1.00 bits per heavy atom. The van der Waals surface area contributed by atoms with E-state index in [4.69, 9.17) is 15.2 Å². The minimum absolute atomic E-state index is 0.196. The van der Waals surface area contributed by atoms with E-state index < -0.39 is 44.8 Å². The number of rotatable bonds is 6. The Morgan fingerprint density at radius 2 is 1.54 bits per heavy atom. The van der Waals surface area contributed by atoms with Crippen LogP contribution in [0.5, 0.6) is 0 Å². The van der Waals surface area contributed by atoms with Gasteiger partial charge in [0, 0.05) is 12.1 Å². The number of non-ortho nitro benzene ring substituents is 2. The van der Waals surface area contributed by atoms with Crippen molar-refractivity contribution in [3.63, 3.8) is 0 Å². The van der Waals surface area contributed by atoms with Crippen molar-refractivity contribution in [2.24, 2.45) is 5.73 Å². The number of carbonyl (C=O) groups excluding carboxylic acids is 2. The topological polar surface area (TPSA) is 192 Å². The van der Waals surface area contributed by atoms with E-state index in [0.29, 0.717) is 11.6 Å². The van der Waals surface area contributed by atoms with Crippen LogP contribution in [0.25, 0.3) is 0 Å². The third-order valence-electron chi connectivity index (χ3n) is 5.18. The van der Waals surface area contributed by atoms with Crippen LogP contribution >= 0.6 is 0 Å². The number of nitrogens with zero attached hydrogens (tertiary/aromatic N) is 4. The highest BCUT2D eigenvalue weighted by atomic mass is 16.6. The maximum absolute atomic E-state index is 13.0. The second-order valence-electron chi connectivity index (χ2n) is 7.06. The van der Waals surface area contributed by atoms with E-state index in [1.54, 1.807) is 30.3 Å². The minimum atomic E-state index is -1.16. The smallest absolute Gasteiger partial charge is 0.355 e. The molecule has 0 saturated carbocycles. The van der Waals surface area contributed by atoms with E-state index in [0.717, 1.165) is 31.3 Å². The molecular weight excluding hydrogens is 462 g/mol. The summed E-state index contributed by atoms with van der Waals surface area (Å²) in [5.74, 6) is -3.65. The Balaban J connectivity index is 2.47. The van der Waals surface area contributed by atoms with Gasteiger partial charge in [0.25, 0.3) is 11.4 Å². The van der Waals surface area contributed by atoms with Crippen LogP contribution in [-0.4, -0.2) is 36.0 Å². The lowest BCUT2D eigenvalue weighted by atomic mass is 9.81. The number of esters is 2. The molecule has 35 heavy (non-hydrogen) atoms. The van der Waals surface area contributed by atoms with Gasteiger partial charge in [-0.25, -0.2) is 9.59 Å². The van der Waals surface area contributed by atoms with Crippen molar-refractivity contribution < 1.29 is 28.9 Å². The number of allylic oxidation sites excluding steroid dienone is 1. The summed E-state index contributed by atoms with van der Waals surface area (Å²) in [5.41, 5.74) is 3.96. The van der Waals surface area contributed by atoms with Gasteiger partial charge >= 0.3 is 11.9 Å². The van der Waals surface area contributed by atoms with Crippen molar-refractivity contribution in [1.82, 2.24) is 0 Å². The van der Waals surface area contributed by atoms with Crippen LogP contribution in [0.15, 0.2) is 71.2 Å². The zero-order valence-corrected chi connectivity index (χ0v) is 18.3. The van der Waals surface area contributed by atoms with Crippen LogP contribution in [0.4, 0.5) is 17.1 Å². The van der Waals surface area contributed by atoms with Gasteiger partial charge in [0.15, 0.2) is 0 Å². The van der Waals surface area contributed by atoms with Gasteiger partial charge in [-0.1, -0.05) is 30.3 Å². The first-order valence-electron chi connectivity index (χ1n) is 9.75. The lowest BCUT2D eigenvalue weighted by Gasteiger charge is -2.35. The summed E-state index contributed by atoms with van der Waals surface area (Å²) >= 11 is 0. The molecule has 1 unspecified atom stereocenters. The Bertz CT molecular complexity index is 1310. The van der Waals surface area contributed by atoms with E-state index in [9.17, 15) is 35.1 Å². The Kier molecular flexibility index (Phi) is 6.77. The van der Waals surface area contributed by atoms with Crippen LogP contribution < -0.4 is 10.6 Å². The number of hydrogen-bond donors (Lipinski definition) is 1. The van der Waals surface area contributed by atoms with E-state index in [-0.39, 0.29) is 22.7 Å². The maximum Gasteiger partial charge on any atom is 0.355 e. The molecule has 1 heterocycles. The molecule has 2 aromatic carbocycles. The van der Waals surface area contributed by atoms with E-state index in [1.165, 1.54) is 0 Å². The van der Waals surface area contributed by atoms with Gasteiger partial charge in [-0.05, 0) is 5.56 Å². The molecule has 2 N–H and O–H groups in total. The number of hydrogen-bond acceptors (Lipinski definition) is 11. The Labute approximate surface area is 197 Å². The fraction of sp³-hybridized carbons (Fsp3) is 0.136. The van der Waals surface area contributed by atoms with Gasteiger partial charge in [0.05, 0.1) is 59.0 Å². The molecule has 1 aliphatic rings. The highest BCUT2D eigenvalue weighted by Gasteiger charge is 2.43. The van der Waals surface area contributed by atoms with Crippen molar-refractivity contribution >= 4 is 29.0 Å². The van der Waals surface area contributed by atoms with Gasteiger partial charge < -0.3 is 15.2 Å². The van der Waals surface area contributed by atoms with Gasteiger partial charge in [0.2, 0.25) is 0 Å². The number of ether oxygens (including phenoxy) is 2. The van der Waals surface area contributed by atoms with Crippen molar-refractivity contribution in [3.8, 4) is 6.07 Å². The zero-order chi connectivity index (χ0) is 25.9. The number of nitrogens with two attached hydrogens (primary N) is 1. The molecular formula is C22H17N5O8. The lowest BCUT2D eigenvalue weighted by Crippen LogP contribution is -2.40. The molecule has 13 nitrogen and oxygen atoms in total. The second kappa shape index (κ2) is 9.71. The average Bonchev–Trinajstić information content (AvgIpc) is 2.86. The number of anilines is 1. The first-order valence-corrected chi connectivity index (χ1v) is 9.75. The molecule has 0 amide bonds. The standard InChI is InChI=1S/C22H17N5O8/c1-34-21(28)18-17(12-6-4-3-5-7-12)16(11-23)20(24)25(19(18)22(29)35-2)13-8-14(26(30)31)10-15(9-13)27(32)33/h3-10,17H,24H2,1-2H3. The van der Waals surface area contributed by atoms with Crippen molar-refractivity contribution in [2.75, 3.05) is 19.1 Å². The van der Waals surface area contributed by atoms with E-state index in [2.05, 4.69) is 0 Å². The monoisotopic (exact) mass is 479 g/mol. The molecule has 0 saturated heterocycles. The van der Waals surface area contributed by atoms with E-state index >= 15 is 0 Å². The SMILES string of the molecule is COC(=O)C1=C(C(=O)OC)N(c2cc([N+](=O)[O-])cc([N+](=O)[O-])c2)C(N)=C(C#N)C1c1ccccc1. The predicted molar refractivity (Wildman–Crippen MR) is 119 cm³/mol. The first kappa shape index (κ1) is 24.4. The molecule has 178 valence electrons. The van der Waals surface area contributed by atoms with Crippen molar-refractivity contribution in [3.05, 3.63) is 97.0 Å². The van der Waals surface area contributed by atoms with E-state index in [1.807, 2.05) is 6.07 Å². The summed E-state index contributed by atoms with van der Waals surface area (Å²) in [5, 5.41) is 32.8. The summed E-state index contributed by atoms with van der Waals surface area (Å²) in [6.45, 7) is 0. The number of carbonyl (C=O) groups is 2. The fourth-order valence-electron chi connectivity index (χ4n) is 3.70. The lowest BCUT2D eigenvalue weighted by molar-refractivity contribution is -0.394. The van der Waals surface area contributed by atoms with Crippen LogP contribution in [0.2, 0.25) is 0 Å². The third kappa shape index (κ3) is 4.35. The van der Waals surface area contributed by atoms with Gasteiger partial charge in [0.1, 0.15) is 11.5 Å². The quantitative estimate of drug-likeness (QED) is 0.363. The molecule has 0 aromatic heterocycles. The van der Waals surface area contributed by atoms with Gasteiger partial charge in [-0.2, -0.15) is 5.26 Å². The van der Waals surface area contributed by atoms with Gasteiger partial charge in [-0.3, -0.25) is 25.1 Å². The fourth-order valence-corrected chi connectivity index (χ4v) is 3.70. The highest BCUT2D eigenvalue weighted by molar-refractivity contribution is 6.06. The molecule has 3 rings (SSSR count). The average molecular weight is 479 g/mol. The van der Waals surface area contributed by atoms with Crippen LogP contribution in [0.1, 0.15) is 11.5 Å². The molecule has 0 radical (unpaired) electrons. The second-order valence-corrected chi connectivity index (χ2v) is 7.06. The number of nitro groups is 2. The molecule has 1 aliphatic heterocycles. The first-order chi connectivity index (χ1) is 16.7. The summed E-state index contributed by atoms with van der Waals surface area (Å²) in [6.07, 6.45) is 0. The maximum atomic E-state index is 13.0. The van der Waals surface area contributed by atoms with Crippen LogP contribution in [0.3, 0.4) is 0 Å². The number of nitro benzene ring substituents is 2. The molecule has 0 aliphatic carbocycles. The number of methoxy groups -OCH3 is 2. The van der Waals surface area contributed by atoms with Crippen LogP contribution in [-0.2, 0) is 19.1 Å². The summed E-state index contributed by atoms with van der Waals surface area (Å²) < 4.78 is 9.73. The molecule has 1 atom stereocenters. The number of nitriles is 1. The molecule has 0 fully saturated rings. The van der Waals surface area contributed by atoms with Crippen molar-refractivity contribution in [1.29, 1.82) is 5.26 Å². The largest absolute Gasteiger partial charge is 0.466 e. The number of benzene rings is 2. The minimum Gasteiger partial charge on any atom is -0.466 e. The summed E-state index contributed by atoms with van der Waals surface area (Å²) in [7, 11) is 2.08. The molecule has 13 heteroatoms. The molecule has 2 aromatic rings. The Morgan fingerprint density at radius 3 is 2.00 bits per heavy atom. The normalized spacial score (nSPS) is 15.3. The molecule has 0 bridgehead atoms. The van der Waals surface area contributed by atoms with Crippen LogP contribution in [0, 0.1) is 31.6 Å². The van der Waals surface area contributed by atoms with Gasteiger partial charge in [-0.15, -0.1) is 0 Å². The third-order valence-corrected chi connectivity index (χ3v) is 5.18. The van der Waals surface area contributed by atoms with Crippen molar-refractivity contribution in [2.45, 2.75) is 5.92 Å². The summed E-state index contributed by atoms with van der Waals surface area (Å²) in [4.78, 5) is 47.9. The predicted octanol–water partition coefficient (Wildman–Crippen LogP) is 2.40. The highest BCUT2D eigenvalue weighted by Crippen LogP contribution is 2.44. The molecule has 0 spiro atoms.